The summed E-state index contributed by atoms with van der Waals surface area (Å²) in [5.74, 6) is -0.0406. The number of carbonyl (C=O) groups is 1. The summed E-state index contributed by atoms with van der Waals surface area (Å²) in [6.07, 6.45) is 0.107. The van der Waals surface area contributed by atoms with Crippen LogP contribution >= 0.6 is 12.4 Å². The Bertz CT molecular complexity index is 316. The smallest absolute Gasteiger partial charge is 0.222 e. The molecule has 0 aromatic heterocycles. The molecule has 0 heterocycles. The van der Waals surface area contributed by atoms with Gasteiger partial charge in [0.25, 0.3) is 0 Å². The van der Waals surface area contributed by atoms with E-state index in [1.807, 2.05) is 30.3 Å². The van der Waals surface area contributed by atoms with Gasteiger partial charge in [-0.3, -0.25) is 4.79 Å². The second-order valence-electron chi connectivity index (χ2n) is 3.56. The number of hydrogen-bond donors (Lipinski definition) is 2. The van der Waals surface area contributed by atoms with Gasteiger partial charge in [-0.1, -0.05) is 30.3 Å². The Morgan fingerprint density at radius 2 is 2.06 bits per heavy atom. The molecule has 4 nitrogen and oxygen atoms in total. The largest absolute Gasteiger partial charge is 0.380 e. The van der Waals surface area contributed by atoms with Crippen LogP contribution in [0, 0.1) is 0 Å². The van der Waals surface area contributed by atoms with Crippen molar-refractivity contribution in [2.24, 2.45) is 5.73 Å². The number of rotatable bonds is 6. The highest BCUT2D eigenvalue weighted by molar-refractivity contribution is 5.85. The van der Waals surface area contributed by atoms with Gasteiger partial charge in [-0.25, -0.2) is 0 Å². The van der Waals surface area contributed by atoms with Crippen LogP contribution in [0.25, 0.3) is 0 Å². The SMILES string of the molecule is COC(CN)CC(=O)NCc1ccccc1.Cl. The van der Waals surface area contributed by atoms with Gasteiger partial charge in [-0.2, -0.15) is 0 Å². The summed E-state index contributed by atoms with van der Waals surface area (Å²) in [7, 11) is 1.56. The molecule has 1 amide bonds. The van der Waals surface area contributed by atoms with Crippen LogP contribution in [0.4, 0.5) is 0 Å². The van der Waals surface area contributed by atoms with Crippen LogP contribution < -0.4 is 11.1 Å². The molecular weight excluding hydrogens is 240 g/mol. The van der Waals surface area contributed by atoms with Gasteiger partial charge in [0.15, 0.2) is 0 Å². The molecule has 0 radical (unpaired) electrons. The zero-order valence-corrected chi connectivity index (χ0v) is 10.7. The first-order valence-electron chi connectivity index (χ1n) is 5.29. The van der Waals surface area contributed by atoms with Crippen molar-refractivity contribution in [1.82, 2.24) is 5.32 Å². The third-order valence-corrected chi connectivity index (χ3v) is 2.34. The molecule has 96 valence electrons. The number of amides is 1. The molecule has 1 rings (SSSR count). The Morgan fingerprint density at radius 3 is 2.59 bits per heavy atom. The molecule has 1 aromatic rings. The third-order valence-electron chi connectivity index (χ3n) is 2.34. The maximum absolute atomic E-state index is 11.5. The molecule has 5 heteroatoms. The fourth-order valence-electron chi connectivity index (χ4n) is 1.34. The van der Waals surface area contributed by atoms with E-state index in [1.54, 1.807) is 7.11 Å². The van der Waals surface area contributed by atoms with Crippen molar-refractivity contribution < 1.29 is 9.53 Å². The second kappa shape index (κ2) is 8.98. The number of nitrogens with two attached hydrogens (primary N) is 1. The van der Waals surface area contributed by atoms with Crippen LogP contribution in [0.3, 0.4) is 0 Å². The summed E-state index contributed by atoms with van der Waals surface area (Å²) in [6.45, 7) is 0.899. The van der Waals surface area contributed by atoms with E-state index in [2.05, 4.69) is 5.32 Å². The Morgan fingerprint density at radius 1 is 1.41 bits per heavy atom. The van der Waals surface area contributed by atoms with Gasteiger partial charge >= 0.3 is 0 Å². The van der Waals surface area contributed by atoms with Gasteiger partial charge in [0.2, 0.25) is 5.91 Å². The van der Waals surface area contributed by atoms with Gasteiger partial charge in [0.05, 0.1) is 12.5 Å². The summed E-state index contributed by atoms with van der Waals surface area (Å²) < 4.78 is 5.04. The Kier molecular flexibility index (Phi) is 8.40. The first-order valence-corrected chi connectivity index (χ1v) is 5.29. The monoisotopic (exact) mass is 258 g/mol. The molecule has 0 saturated carbocycles. The lowest BCUT2D eigenvalue weighted by Gasteiger charge is -2.12. The summed E-state index contributed by atoms with van der Waals surface area (Å²) in [5.41, 5.74) is 6.51. The van der Waals surface area contributed by atoms with Gasteiger partial charge in [-0.15, -0.1) is 12.4 Å². The molecule has 0 aliphatic rings. The van der Waals surface area contributed by atoms with Crippen molar-refractivity contribution in [3.63, 3.8) is 0 Å². The van der Waals surface area contributed by atoms with Crippen molar-refractivity contribution >= 4 is 18.3 Å². The van der Waals surface area contributed by atoms with Crippen LogP contribution in [0.1, 0.15) is 12.0 Å². The van der Waals surface area contributed by atoms with E-state index in [1.165, 1.54) is 0 Å². The van der Waals surface area contributed by atoms with Crippen LogP contribution in [-0.2, 0) is 16.1 Å². The molecular formula is C12H19ClN2O2. The topological polar surface area (TPSA) is 64.3 Å². The molecule has 0 spiro atoms. The standard InChI is InChI=1S/C12H18N2O2.ClH/c1-16-11(8-13)7-12(15)14-9-10-5-3-2-4-6-10;/h2-6,11H,7-9,13H2,1H3,(H,14,15);1H. The van der Waals surface area contributed by atoms with E-state index in [-0.39, 0.29) is 24.4 Å². The lowest BCUT2D eigenvalue weighted by atomic mass is 10.2. The van der Waals surface area contributed by atoms with Crippen LogP contribution in [-0.4, -0.2) is 25.7 Å². The Labute approximate surface area is 108 Å². The highest BCUT2D eigenvalue weighted by atomic mass is 35.5. The highest BCUT2D eigenvalue weighted by Crippen LogP contribution is 1.99. The fourth-order valence-corrected chi connectivity index (χ4v) is 1.34. The second-order valence-corrected chi connectivity index (χ2v) is 3.56. The minimum absolute atomic E-state index is 0. The first kappa shape index (κ1) is 15.9. The summed E-state index contributed by atoms with van der Waals surface area (Å²) in [4.78, 5) is 11.5. The van der Waals surface area contributed by atoms with Crippen molar-refractivity contribution in [2.75, 3.05) is 13.7 Å². The summed E-state index contributed by atoms with van der Waals surface area (Å²) >= 11 is 0. The molecule has 1 aromatic carbocycles. The number of methoxy groups -OCH3 is 1. The number of halogens is 1. The predicted molar refractivity (Wildman–Crippen MR) is 70.0 cm³/mol. The number of ether oxygens (including phenoxy) is 1. The maximum Gasteiger partial charge on any atom is 0.222 e. The van der Waals surface area contributed by atoms with E-state index in [4.69, 9.17) is 10.5 Å². The van der Waals surface area contributed by atoms with Crippen LogP contribution in [0.5, 0.6) is 0 Å². The van der Waals surface area contributed by atoms with Crippen molar-refractivity contribution in [1.29, 1.82) is 0 Å². The average Bonchev–Trinajstić information content (AvgIpc) is 2.34. The van der Waals surface area contributed by atoms with Gasteiger partial charge in [0, 0.05) is 20.2 Å². The zero-order chi connectivity index (χ0) is 11.8. The minimum Gasteiger partial charge on any atom is -0.380 e. The third kappa shape index (κ3) is 6.26. The molecule has 0 fully saturated rings. The molecule has 0 bridgehead atoms. The van der Waals surface area contributed by atoms with Crippen LogP contribution in [0.15, 0.2) is 30.3 Å². The lowest BCUT2D eigenvalue weighted by molar-refractivity contribution is -0.123. The van der Waals surface area contributed by atoms with Gasteiger partial charge in [-0.05, 0) is 5.56 Å². The van der Waals surface area contributed by atoms with E-state index in [0.717, 1.165) is 5.56 Å². The fraction of sp³-hybridized carbons (Fsp3) is 0.417. The van der Waals surface area contributed by atoms with Gasteiger partial charge in [0.1, 0.15) is 0 Å². The van der Waals surface area contributed by atoms with Crippen molar-refractivity contribution in [2.45, 2.75) is 19.1 Å². The predicted octanol–water partition coefficient (Wildman–Crippen LogP) is 1.09. The van der Waals surface area contributed by atoms with Gasteiger partial charge < -0.3 is 15.8 Å². The normalized spacial score (nSPS) is 11.4. The molecule has 3 N–H and O–H groups in total. The highest BCUT2D eigenvalue weighted by Gasteiger charge is 2.10. The molecule has 1 unspecified atom stereocenters. The number of hydrogen-bond acceptors (Lipinski definition) is 3. The van der Waals surface area contributed by atoms with Crippen molar-refractivity contribution in [3.8, 4) is 0 Å². The molecule has 1 atom stereocenters. The molecule has 0 saturated heterocycles. The Balaban J connectivity index is 0.00000256. The lowest BCUT2D eigenvalue weighted by Crippen LogP contribution is -2.31. The minimum atomic E-state index is -0.198. The first-order chi connectivity index (χ1) is 7.76. The number of carbonyl (C=O) groups excluding carboxylic acids is 1. The average molecular weight is 259 g/mol. The van der Waals surface area contributed by atoms with E-state index < -0.39 is 0 Å². The maximum atomic E-state index is 11.5. The molecule has 0 aliphatic heterocycles. The van der Waals surface area contributed by atoms with Crippen molar-refractivity contribution in [3.05, 3.63) is 35.9 Å². The van der Waals surface area contributed by atoms with Crippen LogP contribution in [0.2, 0.25) is 0 Å². The quantitative estimate of drug-likeness (QED) is 0.803. The summed E-state index contributed by atoms with van der Waals surface area (Å²) in [6, 6.07) is 9.77. The summed E-state index contributed by atoms with van der Waals surface area (Å²) in [5, 5.41) is 2.82. The zero-order valence-electron chi connectivity index (χ0n) is 9.89. The molecule has 0 aliphatic carbocycles. The Hall–Kier alpha value is -1.10. The van der Waals surface area contributed by atoms with E-state index >= 15 is 0 Å². The number of benzene rings is 1. The van der Waals surface area contributed by atoms with E-state index in [9.17, 15) is 4.79 Å². The molecule has 17 heavy (non-hydrogen) atoms. The van der Waals surface area contributed by atoms with E-state index in [0.29, 0.717) is 19.5 Å². The number of nitrogens with one attached hydrogen (secondary N) is 1.